The first-order chi connectivity index (χ1) is 15.5. The van der Waals surface area contributed by atoms with E-state index >= 15 is 0 Å². The molecular formula is C21H20F3N3O6. The van der Waals surface area contributed by atoms with Crippen molar-refractivity contribution in [2.75, 3.05) is 11.9 Å². The first-order valence-corrected chi connectivity index (χ1v) is 9.48. The van der Waals surface area contributed by atoms with Crippen LogP contribution in [-0.2, 0) is 25.5 Å². The number of hydrogen-bond donors (Lipinski definition) is 3. The lowest BCUT2D eigenvalue weighted by Crippen LogP contribution is -2.50. The van der Waals surface area contributed by atoms with Gasteiger partial charge in [-0.1, -0.05) is 30.3 Å². The summed E-state index contributed by atoms with van der Waals surface area (Å²) in [5, 5.41) is 6.58. The van der Waals surface area contributed by atoms with Crippen molar-refractivity contribution >= 4 is 29.6 Å². The highest BCUT2D eigenvalue weighted by atomic mass is 19.4. The highest BCUT2D eigenvalue weighted by Gasteiger charge is 2.35. The van der Waals surface area contributed by atoms with E-state index in [-0.39, 0.29) is 18.1 Å². The molecule has 0 aliphatic carbocycles. The van der Waals surface area contributed by atoms with Crippen LogP contribution >= 0.6 is 0 Å². The number of nitrogens with one attached hydrogen (secondary N) is 3. The standard InChI is InChI=1S/C21H20F3N3O6/c1-13(28)26-15-7-9-16(10-8-15)32-18(29)12-25-19(30)17(11-14-5-3-2-4-6-14)27-20(31)33-21(22,23)24/h2-10,17H,11-12H2,1H3,(H,25,30)(H,26,28)(H,27,31)/t17-/m0/s1. The van der Waals surface area contributed by atoms with Gasteiger partial charge in [-0.2, -0.15) is 0 Å². The molecule has 1 atom stereocenters. The molecule has 0 aliphatic rings. The smallest absolute Gasteiger partial charge is 0.425 e. The zero-order valence-corrected chi connectivity index (χ0v) is 17.3. The Morgan fingerprint density at radius 1 is 0.970 bits per heavy atom. The molecule has 12 heteroatoms. The molecule has 0 radical (unpaired) electrons. The van der Waals surface area contributed by atoms with E-state index in [9.17, 15) is 32.3 Å². The van der Waals surface area contributed by atoms with Gasteiger partial charge in [0.15, 0.2) is 0 Å². The fourth-order valence-corrected chi connectivity index (χ4v) is 2.60. The van der Waals surface area contributed by atoms with Gasteiger partial charge >= 0.3 is 18.4 Å². The zero-order valence-electron chi connectivity index (χ0n) is 17.3. The number of carbonyl (C=O) groups excluding carboxylic acids is 4. The summed E-state index contributed by atoms with van der Waals surface area (Å²) in [6, 6.07) is 12.6. The lowest BCUT2D eigenvalue weighted by Gasteiger charge is -2.18. The minimum absolute atomic E-state index is 0.135. The molecule has 3 N–H and O–H groups in total. The molecule has 0 bridgehead atoms. The summed E-state index contributed by atoms with van der Waals surface area (Å²) < 4.78 is 45.1. The van der Waals surface area contributed by atoms with E-state index in [0.29, 0.717) is 11.3 Å². The van der Waals surface area contributed by atoms with Crippen molar-refractivity contribution in [2.45, 2.75) is 25.7 Å². The average molecular weight is 467 g/mol. The number of ether oxygens (including phenoxy) is 2. The Balaban J connectivity index is 1.95. The molecule has 176 valence electrons. The summed E-state index contributed by atoms with van der Waals surface area (Å²) in [5.41, 5.74) is 1.03. The summed E-state index contributed by atoms with van der Waals surface area (Å²) in [4.78, 5) is 46.9. The van der Waals surface area contributed by atoms with Gasteiger partial charge in [-0.25, -0.2) is 9.59 Å². The lowest BCUT2D eigenvalue weighted by molar-refractivity contribution is -0.291. The third-order valence-electron chi connectivity index (χ3n) is 3.91. The summed E-state index contributed by atoms with van der Waals surface area (Å²) in [6.07, 6.45) is -7.24. The van der Waals surface area contributed by atoms with Crippen LogP contribution in [0.1, 0.15) is 12.5 Å². The molecular weight excluding hydrogens is 447 g/mol. The van der Waals surface area contributed by atoms with Gasteiger partial charge in [0.05, 0.1) is 0 Å². The van der Waals surface area contributed by atoms with Crippen molar-refractivity contribution in [3.63, 3.8) is 0 Å². The normalized spacial score (nSPS) is 11.6. The van der Waals surface area contributed by atoms with Gasteiger partial charge < -0.3 is 25.4 Å². The van der Waals surface area contributed by atoms with Crippen molar-refractivity contribution in [2.24, 2.45) is 0 Å². The number of anilines is 1. The molecule has 9 nitrogen and oxygen atoms in total. The topological polar surface area (TPSA) is 123 Å². The van der Waals surface area contributed by atoms with Crippen molar-refractivity contribution in [3.05, 3.63) is 60.2 Å². The number of alkyl halides is 3. The van der Waals surface area contributed by atoms with Crippen molar-refractivity contribution < 1.29 is 41.8 Å². The lowest BCUT2D eigenvalue weighted by atomic mass is 10.1. The Morgan fingerprint density at radius 3 is 2.18 bits per heavy atom. The number of alkyl carbamates (subject to hydrolysis) is 1. The maximum Gasteiger partial charge on any atom is 0.576 e. The molecule has 0 unspecified atom stereocenters. The average Bonchev–Trinajstić information content (AvgIpc) is 2.72. The minimum atomic E-state index is -5.23. The van der Waals surface area contributed by atoms with E-state index in [4.69, 9.17) is 4.74 Å². The number of carbonyl (C=O) groups is 4. The zero-order chi connectivity index (χ0) is 24.4. The van der Waals surface area contributed by atoms with Crippen LogP contribution in [0.15, 0.2) is 54.6 Å². The molecule has 0 saturated carbocycles. The predicted octanol–water partition coefficient (Wildman–Crippen LogP) is 2.52. The molecule has 2 aromatic rings. The van der Waals surface area contributed by atoms with Gasteiger partial charge in [-0.3, -0.25) is 9.59 Å². The first-order valence-electron chi connectivity index (χ1n) is 9.48. The molecule has 2 aromatic carbocycles. The highest BCUT2D eigenvalue weighted by molar-refractivity contribution is 5.89. The first kappa shape index (κ1) is 25.2. The molecule has 3 amide bonds. The van der Waals surface area contributed by atoms with E-state index in [1.165, 1.54) is 31.2 Å². The molecule has 0 heterocycles. The quantitative estimate of drug-likeness (QED) is 0.405. The van der Waals surface area contributed by atoms with Gasteiger partial charge in [0, 0.05) is 19.0 Å². The van der Waals surface area contributed by atoms with Crippen LogP contribution in [0.4, 0.5) is 23.7 Å². The third-order valence-corrected chi connectivity index (χ3v) is 3.91. The molecule has 2 rings (SSSR count). The number of rotatable bonds is 8. The monoisotopic (exact) mass is 467 g/mol. The Hall–Kier alpha value is -4.09. The van der Waals surface area contributed by atoms with Gasteiger partial charge in [-0.05, 0) is 29.8 Å². The van der Waals surface area contributed by atoms with E-state index in [2.05, 4.69) is 15.4 Å². The number of benzene rings is 2. The number of hydrogen-bond acceptors (Lipinski definition) is 6. The maximum atomic E-state index is 12.4. The second-order valence-corrected chi connectivity index (χ2v) is 6.62. The third kappa shape index (κ3) is 9.72. The largest absolute Gasteiger partial charge is 0.576 e. The van der Waals surface area contributed by atoms with Crippen LogP contribution < -0.4 is 20.7 Å². The second-order valence-electron chi connectivity index (χ2n) is 6.62. The summed E-state index contributed by atoms with van der Waals surface area (Å²) in [6.45, 7) is 0.715. The number of halogens is 3. The van der Waals surface area contributed by atoms with Crippen LogP contribution in [0, 0.1) is 0 Å². The molecule has 0 aromatic heterocycles. The van der Waals surface area contributed by atoms with Gasteiger partial charge in [0.1, 0.15) is 18.3 Å². The number of esters is 1. The van der Waals surface area contributed by atoms with Gasteiger partial charge in [0.2, 0.25) is 11.8 Å². The Labute approximate surface area is 186 Å². The number of amides is 3. The summed E-state index contributed by atoms with van der Waals surface area (Å²) >= 11 is 0. The summed E-state index contributed by atoms with van der Waals surface area (Å²) in [5.74, 6) is -1.93. The minimum Gasteiger partial charge on any atom is -0.425 e. The van der Waals surface area contributed by atoms with Crippen LogP contribution in [-0.4, -0.2) is 42.8 Å². The van der Waals surface area contributed by atoms with Crippen LogP contribution in [0.25, 0.3) is 0 Å². The van der Waals surface area contributed by atoms with Crippen molar-refractivity contribution in [1.29, 1.82) is 0 Å². The maximum absolute atomic E-state index is 12.4. The van der Waals surface area contributed by atoms with E-state index in [1.54, 1.807) is 30.3 Å². The fourth-order valence-electron chi connectivity index (χ4n) is 2.60. The van der Waals surface area contributed by atoms with E-state index in [1.807, 2.05) is 5.32 Å². The fraction of sp³-hybridized carbons (Fsp3) is 0.238. The molecule has 33 heavy (non-hydrogen) atoms. The van der Waals surface area contributed by atoms with E-state index in [0.717, 1.165) is 0 Å². The van der Waals surface area contributed by atoms with Crippen LogP contribution in [0.5, 0.6) is 5.75 Å². The summed E-state index contributed by atoms with van der Waals surface area (Å²) in [7, 11) is 0. The van der Waals surface area contributed by atoms with Crippen LogP contribution in [0.2, 0.25) is 0 Å². The molecule has 0 spiro atoms. The van der Waals surface area contributed by atoms with E-state index < -0.39 is 36.9 Å². The molecule has 0 saturated heterocycles. The second kappa shape index (κ2) is 11.5. The Kier molecular flexibility index (Phi) is 8.78. The SMILES string of the molecule is CC(=O)Nc1ccc(OC(=O)CNC(=O)[C@H](Cc2ccccc2)NC(=O)OC(F)(F)F)cc1. The highest BCUT2D eigenvalue weighted by Crippen LogP contribution is 2.17. The van der Waals surface area contributed by atoms with Crippen molar-refractivity contribution in [1.82, 2.24) is 10.6 Å². The van der Waals surface area contributed by atoms with Gasteiger partial charge in [0.25, 0.3) is 0 Å². The molecule has 0 aliphatic heterocycles. The predicted molar refractivity (Wildman–Crippen MR) is 109 cm³/mol. The van der Waals surface area contributed by atoms with Crippen molar-refractivity contribution in [3.8, 4) is 5.75 Å². The molecule has 0 fully saturated rings. The Bertz CT molecular complexity index is 981. The van der Waals surface area contributed by atoms with Gasteiger partial charge in [-0.15, -0.1) is 13.2 Å². The Morgan fingerprint density at radius 2 is 1.61 bits per heavy atom. The van der Waals surface area contributed by atoms with Crippen LogP contribution in [0.3, 0.4) is 0 Å².